The van der Waals surface area contributed by atoms with Crippen LogP contribution in [0.4, 0.5) is 22.1 Å². The third-order valence-electron chi connectivity index (χ3n) is 3.31. The van der Waals surface area contributed by atoms with Gasteiger partial charge in [-0.1, -0.05) is 22.0 Å². The van der Waals surface area contributed by atoms with Gasteiger partial charge in [-0.3, -0.25) is 5.32 Å². The van der Waals surface area contributed by atoms with Crippen molar-refractivity contribution in [2.24, 2.45) is 0 Å². The number of hydrogen-bond donors (Lipinski definition) is 2. The van der Waals surface area contributed by atoms with Crippen LogP contribution in [0.2, 0.25) is 0 Å². The van der Waals surface area contributed by atoms with E-state index in [9.17, 15) is 4.79 Å². The van der Waals surface area contributed by atoms with Gasteiger partial charge in [0, 0.05) is 27.4 Å². The SMILES string of the molecule is CC(C)(C)OC(=O)Nc1cccc(Nc2ncc3cc(Br)ccc3n2)c1. The van der Waals surface area contributed by atoms with Crippen molar-refractivity contribution in [1.82, 2.24) is 9.97 Å². The molecule has 0 aliphatic rings. The number of carbonyl (C=O) groups is 1. The lowest BCUT2D eigenvalue weighted by Gasteiger charge is -2.19. The van der Waals surface area contributed by atoms with Crippen molar-refractivity contribution in [3.05, 3.63) is 53.1 Å². The Morgan fingerprint density at radius 3 is 2.65 bits per heavy atom. The van der Waals surface area contributed by atoms with E-state index in [-0.39, 0.29) is 0 Å². The second kappa shape index (κ2) is 7.29. The molecule has 0 aliphatic carbocycles. The molecule has 134 valence electrons. The monoisotopic (exact) mass is 414 g/mol. The van der Waals surface area contributed by atoms with Gasteiger partial charge in [-0.25, -0.2) is 14.8 Å². The van der Waals surface area contributed by atoms with E-state index < -0.39 is 11.7 Å². The maximum Gasteiger partial charge on any atom is 0.412 e. The number of hydrogen-bond acceptors (Lipinski definition) is 5. The average Bonchev–Trinajstić information content (AvgIpc) is 2.53. The van der Waals surface area contributed by atoms with E-state index in [1.807, 2.05) is 51.1 Å². The Hall–Kier alpha value is -2.67. The van der Waals surface area contributed by atoms with Crippen molar-refractivity contribution in [1.29, 1.82) is 0 Å². The van der Waals surface area contributed by atoms with Gasteiger partial charge >= 0.3 is 6.09 Å². The smallest absolute Gasteiger partial charge is 0.412 e. The summed E-state index contributed by atoms with van der Waals surface area (Å²) in [5.41, 5.74) is 1.67. The molecule has 0 radical (unpaired) electrons. The van der Waals surface area contributed by atoms with Crippen LogP contribution in [0.15, 0.2) is 53.1 Å². The van der Waals surface area contributed by atoms with Crippen molar-refractivity contribution in [3.8, 4) is 0 Å². The third-order valence-corrected chi connectivity index (χ3v) is 3.80. The van der Waals surface area contributed by atoms with Crippen LogP contribution in [0.3, 0.4) is 0 Å². The first-order valence-corrected chi connectivity index (χ1v) is 8.87. The van der Waals surface area contributed by atoms with Crippen LogP contribution in [0, 0.1) is 0 Å². The van der Waals surface area contributed by atoms with Crippen LogP contribution in [-0.2, 0) is 4.74 Å². The van der Waals surface area contributed by atoms with E-state index in [2.05, 4.69) is 36.5 Å². The van der Waals surface area contributed by atoms with Crippen LogP contribution in [-0.4, -0.2) is 21.7 Å². The number of fused-ring (bicyclic) bond motifs is 1. The number of rotatable bonds is 3. The molecule has 0 atom stereocenters. The highest BCUT2D eigenvalue weighted by molar-refractivity contribution is 9.10. The topological polar surface area (TPSA) is 76.1 Å². The lowest BCUT2D eigenvalue weighted by atomic mass is 10.2. The standard InChI is InChI=1S/C19H19BrN4O2/c1-19(2,3)26-18(25)23-15-6-4-5-14(10-15)22-17-21-11-12-9-13(20)7-8-16(12)24-17/h4-11H,1-3H3,(H,23,25)(H,21,22,24). The molecule has 2 N–H and O–H groups in total. The first-order valence-electron chi connectivity index (χ1n) is 8.08. The summed E-state index contributed by atoms with van der Waals surface area (Å²) in [5.74, 6) is 0.481. The minimum absolute atomic E-state index is 0.481. The number of amides is 1. The molecule has 1 amide bonds. The Morgan fingerprint density at radius 1 is 1.12 bits per heavy atom. The minimum Gasteiger partial charge on any atom is -0.444 e. The van der Waals surface area contributed by atoms with Crippen molar-refractivity contribution in [2.75, 3.05) is 10.6 Å². The molecular formula is C19H19BrN4O2. The number of aromatic nitrogens is 2. The molecule has 0 saturated heterocycles. The fourth-order valence-electron chi connectivity index (χ4n) is 2.29. The first-order chi connectivity index (χ1) is 12.3. The van der Waals surface area contributed by atoms with E-state index >= 15 is 0 Å². The summed E-state index contributed by atoms with van der Waals surface area (Å²) in [6.07, 6.45) is 1.26. The molecule has 26 heavy (non-hydrogen) atoms. The zero-order valence-corrected chi connectivity index (χ0v) is 16.3. The fourth-order valence-corrected chi connectivity index (χ4v) is 2.67. The summed E-state index contributed by atoms with van der Waals surface area (Å²) in [5, 5.41) is 6.81. The molecule has 7 heteroatoms. The Kier molecular flexibility index (Phi) is 5.08. The van der Waals surface area contributed by atoms with Gasteiger partial charge in [-0.2, -0.15) is 0 Å². The number of halogens is 1. The summed E-state index contributed by atoms with van der Waals surface area (Å²) in [6.45, 7) is 5.46. The molecule has 0 aliphatic heterocycles. The lowest BCUT2D eigenvalue weighted by Crippen LogP contribution is -2.27. The highest BCUT2D eigenvalue weighted by Gasteiger charge is 2.16. The van der Waals surface area contributed by atoms with Crippen LogP contribution in [0.25, 0.3) is 10.9 Å². The quantitative estimate of drug-likeness (QED) is 0.592. The first kappa shape index (κ1) is 18.1. The van der Waals surface area contributed by atoms with Gasteiger partial charge in [0.05, 0.1) is 5.52 Å². The summed E-state index contributed by atoms with van der Waals surface area (Å²) in [6, 6.07) is 13.1. The predicted octanol–water partition coefficient (Wildman–Crippen LogP) is 5.48. The lowest BCUT2D eigenvalue weighted by molar-refractivity contribution is 0.0636. The molecule has 0 spiro atoms. The van der Waals surface area contributed by atoms with Gasteiger partial charge in [0.15, 0.2) is 0 Å². The third kappa shape index (κ3) is 4.92. The van der Waals surface area contributed by atoms with Gasteiger partial charge in [0.25, 0.3) is 0 Å². The molecule has 0 saturated carbocycles. The van der Waals surface area contributed by atoms with E-state index in [1.54, 1.807) is 18.3 Å². The zero-order valence-electron chi connectivity index (χ0n) is 14.7. The fraction of sp³-hybridized carbons (Fsp3) is 0.211. The molecule has 1 aromatic heterocycles. The number of anilines is 3. The number of benzene rings is 2. The van der Waals surface area contributed by atoms with E-state index in [4.69, 9.17) is 4.74 Å². The van der Waals surface area contributed by atoms with Gasteiger partial charge in [-0.15, -0.1) is 0 Å². The maximum atomic E-state index is 11.9. The summed E-state index contributed by atoms with van der Waals surface area (Å²) in [7, 11) is 0. The van der Waals surface area contributed by atoms with E-state index in [0.29, 0.717) is 11.6 Å². The zero-order chi connectivity index (χ0) is 18.7. The van der Waals surface area contributed by atoms with E-state index in [1.165, 1.54) is 0 Å². The van der Waals surface area contributed by atoms with Crippen LogP contribution in [0.5, 0.6) is 0 Å². The summed E-state index contributed by atoms with van der Waals surface area (Å²) >= 11 is 3.43. The van der Waals surface area contributed by atoms with Crippen LogP contribution >= 0.6 is 15.9 Å². The van der Waals surface area contributed by atoms with Crippen LogP contribution in [0.1, 0.15) is 20.8 Å². The molecule has 0 unspecified atom stereocenters. The second-order valence-electron chi connectivity index (χ2n) is 6.73. The molecular weight excluding hydrogens is 396 g/mol. The highest BCUT2D eigenvalue weighted by atomic mass is 79.9. The molecule has 0 fully saturated rings. The van der Waals surface area contributed by atoms with Crippen LogP contribution < -0.4 is 10.6 Å². The maximum absolute atomic E-state index is 11.9. The summed E-state index contributed by atoms with van der Waals surface area (Å²) in [4.78, 5) is 20.7. The van der Waals surface area contributed by atoms with Crippen molar-refractivity contribution >= 4 is 50.2 Å². The number of ether oxygens (including phenoxy) is 1. The molecule has 0 bridgehead atoms. The Labute approximate surface area is 160 Å². The minimum atomic E-state index is -0.548. The highest BCUT2D eigenvalue weighted by Crippen LogP contribution is 2.22. The van der Waals surface area contributed by atoms with Gasteiger partial charge in [0.1, 0.15) is 5.60 Å². The molecule has 3 aromatic rings. The molecule has 6 nitrogen and oxygen atoms in total. The predicted molar refractivity (Wildman–Crippen MR) is 107 cm³/mol. The summed E-state index contributed by atoms with van der Waals surface area (Å²) < 4.78 is 6.24. The van der Waals surface area contributed by atoms with Gasteiger partial charge < -0.3 is 10.1 Å². The van der Waals surface area contributed by atoms with Crippen molar-refractivity contribution in [3.63, 3.8) is 0 Å². The second-order valence-corrected chi connectivity index (χ2v) is 7.65. The number of nitrogens with zero attached hydrogens (tertiary/aromatic N) is 2. The molecule has 3 rings (SSSR count). The Bertz CT molecular complexity index is 954. The molecule has 2 aromatic carbocycles. The largest absolute Gasteiger partial charge is 0.444 e. The molecule has 1 heterocycles. The Balaban J connectivity index is 1.74. The van der Waals surface area contributed by atoms with Crippen molar-refractivity contribution in [2.45, 2.75) is 26.4 Å². The van der Waals surface area contributed by atoms with Crippen molar-refractivity contribution < 1.29 is 9.53 Å². The van der Waals surface area contributed by atoms with E-state index in [0.717, 1.165) is 21.1 Å². The van der Waals surface area contributed by atoms with Gasteiger partial charge in [0.2, 0.25) is 5.95 Å². The number of carbonyl (C=O) groups excluding carboxylic acids is 1. The average molecular weight is 415 g/mol. The normalized spacial score (nSPS) is 11.2. The Morgan fingerprint density at radius 2 is 1.88 bits per heavy atom. The van der Waals surface area contributed by atoms with Gasteiger partial charge in [-0.05, 0) is 57.2 Å². The number of nitrogens with one attached hydrogen (secondary N) is 2.